The van der Waals surface area contributed by atoms with Crippen LogP contribution in [-0.4, -0.2) is 18.5 Å². The summed E-state index contributed by atoms with van der Waals surface area (Å²) in [6.45, 7) is 2.81. The normalized spacial score (nSPS) is 19.6. The molecule has 0 amide bonds. The van der Waals surface area contributed by atoms with E-state index in [0.717, 1.165) is 37.4 Å². The number of ketones is 1. The van der Waals surface area contributed by atoms with Crippen LogP contribution in [0.15, 0.2) is 24.3 Å². The van der Waals surface area contributed by atoms with Gasteiger partial charge >= 0.3 is 0 Å². The Kier molecular flexibility index (Phi) is 4.62. The zero-order valence-electron chi connectivity index (χ0n) is 10.9. The summed E-state index contributed by atoms with van der Waals surface area (Å²) in [6.07, 6.45) is 4.23. The van der Waals surface area contributed by atoms with Crippen LogP contribution in [0.2, 0.25) is 0 Å². The Morgan fingerprint density at radius 1 is 1.22 bits per heavy atom. The van der Waals surface area contributed by atoms with Crippen molar-refractivity contribution in [1.82, 2.24) is 0 Å². The third kappa shape index (κ3) is 3.76. The van der Waals surface area contributed by atoms with Crippen LogP contribution in [0.25, 0.3) is 0 Å². The molecule has 1 aromatic rings. The molecule has 0 bridgehead atoms. The van der Waals surface area contributed by atoms with Gasteiger partial charge in [-0.3, -0.25) is 4.79 Å². The van der Waals surface area contributed by atoms with Crippen molar-refractivity contribution in [2.24, 2.45) is 0 Å². The zero-order chi connectivity index (χ0) is 12.8. The molecule has 0 heterocycles. The second-order valence-corrected chi connectivity index (χ2v) is 4.69. The predicted octanol–water partition coefficient (Wildman–Crippen LogP) is 3.37. The van der Waals surface area contributed by atoms with Gasteiger partial charge in [0.1, 0.15) is 23.4 Å². The summed E-state index contributed by atoms with van der Waals surface area (Å²) >= 11 is 0. The molecule has 0 saturated heterocycles. The molecule has 0 spiro atoms. The van der Waals surface area contributed by atoms with E-state index in [-0.39, 0.29) is 6.10 Å². The van der Waals surface area contributed by atoms with Crippen LogP contribution < -0.4 is 9.47 Å². The fourth-order valence-electron chi connectivity index (χ4n) is 2.11. The molecule has 0 N–H and O–H groups in total. The minimum atomic E-state index is 0.0497. The summed E-state index contributed by atoms with van der Waals surface area (Å²) < 4.78 is 11.3. The molecule has 1 fully saturated rings. The van der Waals surface area contributed by atoms with Crippen molar-refractivity contribution in [1.29, 1.82) is 0 Å². The Balaban J connectivity index is 1.87. The highest BCUT2D eigenvalue weighted by Crippen LogP contribution is 2.23. The van der Waals surface area contributed by atoms with Crippen molar-refractivity contribution in [2.75, 3.05) is 6.61 Å². The van der Waals surface area contributed by atoms with Crippen molar-refractivity contribution in [3.8, 4) is 11.5 Å². The molecule has 3 heteroatoms. The highest BCUT2D eigenvalue weighted by atomic mass is 16.5. The molecule has 3 nitrogen and oxygen atoms in total. The number of ether oxygens (including phenoxy) is 2. The number of rotatable bonds is 5. The number of hydrogen-bond donors (Lipinski definition) is 0. The van der Waals surface area contributed by atoms with Crippen molar-refractivity contribution >= 4 is 5.78 Å². The Labute approximate surface area is 108 Å². The fourth-order valence-corrected chi connectivity index (χ4v) is 2.11. The SMILES string of the molecule is CCCOc1ccc(OC2CCCC(=O)C2)cc1. The van der Waals surface area contributed by atoms with Crippen LogP contribution >= 0.6 is 0 Å². The van der Waals surface area contributed by atoms with E-state index in [0.29, 0.717) is 18.6 Å². The number of carbonyl (C=O) groups excluding carboxylic acids is 1. The highest BCUT2D eigenvalue weighted by molar-refractivity contribution is 5.79. The van der Waals surface area contributed by atoms with Crippen LogP contribution in [0.4, 0.5) is 0 Å². The standard InChI is InChI=1S/C15H20O3/c1-2-10-17-13-6-8-14(9-7-13)18-15-5-3-4-12(16)11-15/h6-9,15H,2-5,10-11H2,1H3. The molecule has 1 aliphatic rings. The summed E-state index contributed by atoms with van der Waals surface area (Å²) in [7, 11) is 0. The van der Waals surface area contributed by atoms with Crippen molar-refractivity contribution in [3.63, 3.8) is 0 Å². The second kappa shape index (κ2) is 6.43. The molecule has 1 saturated carbocycles. The van der Waals surface area contributed by atoms with Crippen LogP contribution in [0.1, 0.15) is 39.0 Å². The Morgan fingerprint density at radius 2 is 1.94 bits per heavy atom. The van der Waals surface area contributed by atoms with E-state index in [4.69, 9.17) is 9.47 Å². The lowest BCUT2D eigenvalue weighted by Gasteiger charge is -2.22. The lowest BCUT2D eigenvalue weighted by Crippen LogP contribution is -2.25. The Bertz CT molecular complexity index is 383. The van der Waals surface area contributed by atoms with Crippen molar-refractivity contribution < 1.29 is 14.3 Å². The fraction of sp³-hybridized carbons (Fsp3) is 0.533. The van der Waals surface area contributed by atoms with E-state index in [9.17, 15) is 4.79 Å². The van der Waals surface area contributed by atoms with E-state index >= 15 is 0 Å². The second-order valence-electron chi connectivity index (χ2n) is 4.69. The third-order valence-corrected chi connectivity index (χ3v) is 3.04. The van der Waals surface area contributed by atoms with Gasteiger partial charge in [0.25, 0.3) is 0 Å². The number of carbonyl (C=O) groups is 1. The molecular formula is C15H20O3. The van der Waals surface area contributed by atoms with Crippen LogP contribution in [0.3, 0.4) is 0 Å². The first-order valence-electron chi connectivity index (χ1n) is 6.69. The smallest absolute Gasteiger partial charge is 0.136 e. The molecule has 0 aromatic heterocycles. The predicted molar refractivity (Wildman–Crippen MR) is 70.1 cm³/mol. The van der Waals surface area contributed by atoms with Gasteiger partial charge in [-0.15, -0.1) is 0 Å². The summed E-state index contributed by atoms with van der Waals surface area (Å²) in [5, 5.41) is 0. The molecule has 1 aliphatic carbocycles. The first-order chi connectivity index (χ1) is 8.78. The minimum absolute atomic E-state index is 0.0497. The summed E-state index contributed by atoms with van der Waals surface area (Å²) in [5.74, 6) is 2.00. The number of hydrogen-bond acceptors (Lipinski definition) is 3. The van der Waals surface area contributed by atoms with Crippen LogP contribution in [0, 0.1) is 0 Å². The molecular weight excluding hydrogens is 228 g/mol. The first kappa shape index (κ1) is 12.9. The Hall–Kier alpha value is -1.51. The van der Waals surface area contributed by atoms with Crippen LogP contribution in [-0.2, 0) is 4.79 Å². The summed E-state index contributed by atoms with van der Waals surface area (Å²) in [4.78, 5) is 11.3. The monoisotopic (exact) mass is 248 g/mol. The van der Waals surface area contributed by atoms with Gasteiger partial charge < -0.3 is 9.47 Å². The zero-order valence-corrected chi connectivity index (χ0v) is 10.9. The molecule has 0 aliphatic heterocycles. The van der Waals surface area contributed by atoms with E-state index in [1.54, 1.807) is 0 Å². The molecule has 18 heavy (non-hydrogen) atoms. The topological polar surface area (TPSA) is 35.5 Å². The van der Waals surface area contributed by atoms with E-state index in [2.05, 4.69) is 6.92 Å². The van der Waals surface area contributed by atoms with Crippen LogP contribution in [0.5, 0.6) is 11.5 Å². The molecule has 1 unspecified atom stereocenters. The van der Waals surface area contributed by atoms with Crippen molar-refractivity contribution in [3.05, 3.63) is 24.3 Å². The lowest BCUT2D eigenvalue weighted by atomic mass is 9.96. The molecule has 1 atom stereocenters. The molecule has 2 rings (SSSR count). The maximum Gasteiger partial charge on any atom is 0.136 e. The molecule has 1 aromatic carbocycles. The maximum atomic E-state index is 11.3. The van der Waals surface area contributed by atoms with Gasteiger partial charge in [-0.05, 0) is 43.5 Å². The maximum absolute atomic E-state index is 11.3. The Morgan fingerprint density at radius 3 is 2.61 bits per heavy atom. The minimum Gasteiger partial charge on any atom is -0.494 e. The average molecular weight is 248 g/mol. The van der Waals surface area contributed by atoms with Gasteiger partial charge in [0, 0.05) is 12.8 Å². The van der Waals surface area contributed by atoms with Gasteiger partial charge in [0.2, 0.25) is 0 Å². The summed E-state index contributed by atoms with van der Waals surface area (Å²) in [6, 6.07) is 7.64. The quantitative estimate of drug-likeness (QED) is 0.801. The lowest BCUT2D eigenvalue weighted by molar-refractivity contribution is -0.122. The molecule has 0 radical (unpaired) electrons. The highest BCUT2D eigenvalue weighted by Gasteiger charge is 2.20. The van der Waals surface area contributed by atoms with Gasteiger partial charge in [0.15, 0.2) is 0 Å². The van der Waals surface area contributed by atoms with Gasteiger partial charge in [-0.25, -0.2) is 0 Å². The van der Waals surface area contributed by atoms with Gasteiger partial charge in [0.05, 0.1) is 6.61 Å². The van der Waals surface area contributed by atoms with Gasteiger partial charge in [-0.1, -0.05) is 6.92 Å². The van der Waals surface area contributed by atoms with Gasteiger partial charge in [-0.2, -0.15) is 0 Å². The summed E-state index contributed by atoms with van der Waals surface area (Å²) in [5.41, 5.74) is 0. The number of Topliss-reactive ketones (excluding diaryl/α,β-unsaturated/α-hetero) is 1. The molecule has 98 valence electrons. The average Bonchev–Trinajstić information content (AvgIpc) is 2.38. The van der Waals surface area contributed by atoms with E-state index in [1.165, 1.54) is 0 Å². The van der Waals surface area contributed by atoms with Crippen molar-refractivity contribution in [2.45, 2.75) is 45.1 Å². The third-order valence-electron chi connectivity index (χ3n) is 3.04. The van der Waals surface area contributed by atoms with E-state index in [1.807, 2.05) is 24.3 Å². The first-order valence-corrected chi connectivity index (χ1v) is 6.69. The largest absolute Gasteiger partial charge is 0.494 e. The number of benzene rings is 1. The van der Waals surface area contributed by atoms with E-state index < -0.39 is 0 Å².